The topological polar surface area (TPSA) is 111 Å². The summed E-state index contributed by atoms with van der Waals surface area (Å²) in [4.78, 5) is 27.6. The molecule has 9 nitrogen and oxygen atoms in total. The van der Waals surface area contributed by atoms with Crippen molar-refractivity contribution < 1.29 is 46.1 Å². The predicted molar refractivity (Wildman–Crippen MR) is 141 cm³/mol. The second-order valence-corrected chi connectivity index (χ2v) is 10.0. The number of pyridine rings is 1. The molecule has 2 fully saturated rings. The molecule has 2 aliphatic rings. The standard InChI is InChI=1S/C22H26ClN5.2C2HF3O2/c23-20-8-2-1-6-17(20)14-26-11-5-7-18(15-26)22-24-21-10-9-19(16-28(21)25-22)27-12-3-4-13-27;2*3-2(4,5)1(6)7/h1-2,6,8-10,16,18H,3-5,7,11-15H2;2*(H,6,7). The van der Waals surface area contributed by atoms with Crippen LogP contribution in [0.3, 0.4) is 0 Å². The number of carboxylic acids is 2. The number of halogens is 7. The largest absolute Gasteiger partial charge is 0.490 e. The van der Waals surface area contributed by atoms with Gasteiger partial charge >= 0.3 is 24.3 Å². The Bertz CT molecular complexity index is 1340. The summed E-state index contributed by atoms with van der Waals surface area (Å²) in [5.41, 5.74) is 3.40. The van der Waals surface area contributed by atoms with E-state index in [0.717, 1.165) is 55.6 Å². The lowest BCUT2D eigenvalue weighted by molar-refractivity contribution is -0.193. The molecule has 1 unspecified atom stereocenters. The van der Waals surface area contributed by atoms with Crippen LogP contribution in [0.15, 0.2) is 42.6 Å². The Hall–Kier alpha value is -3.59. The highest BCUT2D eigenvalue weighted by molar-refractivity contribution is 6.31. The fourth-order valence-corrected chi connectivity index (χ4v) is 4.70. The average molecular weight is 624 g/mol. The number of hydrogen-bond donors (Lipinski definition) is 2. The maximum atomic E-state index is 10.6. The first kappa shape index (κ1) is 32.9. The van der Waals surface area contributed by atoms with E-state index in [0.29, 0.717) is 5.92 Å². The molecule has 2 saturated heterocycles. The van der Waals surface area contributed by atoms with E-state index in [1.165, 1.54) is 30.5 Å². The molecule has 2 aromatic heterocycles. The molecule has 3 aromatic rings. The smallest absolute Gasteiger partial charge is 0.475 e. The second-order valence-electron chi connectivity index (χ2n) is 9.63. The number of fused-ring (bicyclic) bond motifs is 1. The Kier molecular flexibility index (Phi) is 11.0. The lowest BCUT2D eigenvalue weighted by Gasteiger charge is -2.31. The lowest BCUT2D eigenvalue weighted by atomic mass is 9.97. The van der Waals surface area contributed by atoms with E-state index in [1.807, 2.05) is 16.6 Å². The van der Waals surface area contributed by atoms with Gasteiger partial charge in [-0.15, -0.1) is 0 Å². The van der Waals surface area contributed by atoms with E-state index >= 15 is 0 Å². The normalized spacial score (nSPS) is 17.7. The van der Waals surface area contributed by atoms with E-state index in [1.54, 1.807) is 0 Å². The van der Waals surface area contributed by atoms with Gasteiger partial charge in [0.1, 0.15) is 0 Å². The summed E-state index contributed by atoms with van der Waals surface area (Å²) in [6.07, 6.45) is -3.14. The van der Waals surface area contributed by atoms with Gasteiger partial charge in [-0.05, 0) is 56.0 Å². The van der Waals surface area contributed by atoms with Crippen LogP contribution in [0.1, 0.15) is 43.0 Å². The first-order valence-corrected chi connectivity index (χ1v) is 13.2. The number of aliphatic carboxylic acids is 2. The lowest BCUT2D eigenvalue weighted by Crippen LogP contribution is -2.34. The summed E-state index contributed by atoms with van der Waals surface area (Å²) < 4.78 is 65.4. The maximum absolute atomic E-state index is 10.6. The van der Waals surface area contributed by atoms with Gasteiger partial charge < -0.3 is 15.1 Å². The summed E-state index contributed by atoms with van der Waals surface area (Å²) in [5, 5.41) is 20.0. The zero-order chi connectivity index (χ0) is 31.1. The van der Waals surface area contributed by atoms with E-state index in [-0.39, 0.29) is 0 Å². The van der Waals surface area contributed by atoms with Crippen LogP contribution in [0.2, 0.25) is 5.02 Å². The van der Waals surface area contributed by atoms with Gasteiger partial charge in [-0.2, -0.15) is 31.4 Å². The number of carbonyl (C=O) groups is 2. The van der Waals surface area contributed by atoms with Gasteiger partial charge in [-0.3, -0.25) is 4.90 Å². The Labute approximate surface area is 241 Å². The zero-order valence-electron chi connectivity index (χ0n) is 22.1. The fraction of sp³-hybridized carbons (Fsp3) is 0.462. The molecule has 42 heavy (non-hydrogen) atoms. The minimum Gasteiger partial charge on any atom is -0.475 e. The molecule has 0 saturated carbocycles. The second kappa shape index (κ2) is 14.1. The van der Waals surface area contributed by atoms with Gasteiger partial charge in [0.2, 0.25) is 0 Å². The maximum Gasteiger partial charge on any atom is 0.490 e. The van der Waals surface area contributed by atoms with Gasteiger partial charge in [0, 0.05) is 37.1 Å². The van der Waals surface area contributed by atoms with Crippen molar-refractivity contribution in [2.45, 2.75) is 50.5 Å². The fourth-order valence-electron chi connectivity index (χ4n) is 4.50. The third kappa shape index (κ3) is 9.48. The molecule has 230 valence electrons. The van der Waals surface area contributed by atoms with Crippen LogP contribution in [-0.4, -0.2) is 80.2 Å². The molecule has 16 heteroatoms. The Morgan fingerprint density at radius 1 is 0.905 bits per heavy atom. The van der Waals surface area contributed by atoms with Gasteiger partial charge in [0.25, 0.3) is 0 Å². The molecule has 0 aliphatic carbocycles. The summed E-state index contributed by atoms with van der Waals surface area (Å²) in [6.45, 7) is 5.28. The summed E-state index contributed by atoms with van der Waals surface area (Å²) in [5.74, 6) is -4.16. The number of alkyl halides is 6. The van der Waals surface area contributed by atoms with E-state index < -0.39 is 24.3 Å². The van der Waals surface area contributed by atoms with E-state index in [9.17, 15) is 26.3 Å². The third-order valence-electron chi connectivity index (χ3n) is 6.51. The first-order valence-electron chi connectivity index (χ1n) is 12.8. The van der Waals surface area contributed by atoms with Gasteiger partial charge in [-0.1, -0.05) is 29.8 Å². The molecular formula is C26H28ClF6N5O4. The number of nitrogens with zero attached hydrogens (tertiary/aromatic N) is 5. The summed E-state index contributed by atoms with van der Waals surface area (Å²) in [7, 11) is 0. The minimum absolute atomic E-state index is 0.381. The van der Waals surface area contributed by atoms with Crippen molar-refractivity contribution in [3.8, 4) is 0 Å². The minimum atomic E-state index is -5.08. The van der Waals surface area contributed by atoms with Gasteiger partial charge in [0.15, 0.2) is 11.5 Å². The van der Waals surface area contributed by atoms with Crippen LogP contribution in [0, 0.1) is 0 Å². The average Bonchev–Trinajstić information content (AvgIpc) is 3.60. The zero-order valence-corrected chi connectivity index (χ0v) is 22.8. The highest BCUT2D eigenvalue weighted by atomic mass is 35.5. The number of aromatic nitrogens is 3. The van der Waals surface area contributed by atoms with Crippen molar-refractivity contribution in [2.24, 2.45) is 0 Å². The van der Waals surface area contributed by atoms with Crippen molar-refractivity contribution in [3.63, 3.8) is 0 Å². The third-order valence-corrected chi connectivity index (χ3v) is 6.88. The van der Waals surface area contributed by atoms with E-state index in [4.69, 9.17) is 41.5 Å². The number of carboxylic acid groups (broad SMARTS) is 2. The first-order chi connectivity index (χ1) is 19.6. The molecule has 0 spiro atoms. The number of benzene rings is 1. The van der Waals surface area contributed by atoms with Gasteiger partial charge in [0.05, 0.1) is 11.9 Å². The number of anilines is 1. The van der Waals surface area contributed by atoms with Crippen molar-refractivity contribution in [1.29, 1.82) is 0 Å². The molecule has 2 aliphatic heterocycles. The highest BCUT2D eigenvalue weighted by Crippen LogP contribution is 2.28. The Balaban J connectivity index is 0.000000289. The molecule has 0 amide bonds. The monoisotopic (exact) mass is 623 g/mol. The number of piperidine rings is 1. The van der Waals surface area contributed by atoms with Crippen molar-refractivity contribution >= 4 is 34.9 Å². The van der Waals surface area contributed by atoms with Crippen LogP contribution < -0.4 is 4.90 Å². The molecule has 0 radical (unpaired) electrons. The van der Waals surface area contributed by atoms with E-state index in [2.05, 4.69) is 40.3 Å². The van der Waals surface area contributed by atoms with Crippen molar-refractivity contribution in [1.82, 2.24) is 19.5 Å². The number of rotatable bonds is 4. The summed E-state index contributed by atoms with van der Waals surface area (Å²) in [6, 6.07) is 12.4. The molecular weight excluding hydrogens is 596 g/mol. The van der Waals surface area contributed by atoms with Crippen LogP contribution >= 0.6 is 11.6 Å². The number of likely N-dealkylation sites (tertiary alicyclic amines) is 1. The molecule has 2 N–H and O–H groups in total. The van der Waals surface area contributed by atoms with Crippen LogP contribution in [0.5, 0.6) is 0 Å². The molecule has 1 aromatic carbocycles. The number of hydrogen-bond acceptors (Lipinski definition) is 6. The van der Waals surface area contributed by atoms with Crippen molar-refractivity contribution in [2.75, 3.05) is 31.1 Å². The highest BCUT2D eigenvalue weighted by Gasteiger charge is 2.39. The van der Waals surface area contributed by atoms with Crippen LogP contribution in [0.25, 0.3) is 5.65 Å². The Morgan fingerprint density at radius 3 is 2.07 bits per heavy atom. The molecule has 1 atom stereocenters. The SMILES string of the molecule is Clc1ccccc1CN1CCCC(c2nc3ccc(N4CCCC4)cn3n2)C1.O=C(O)C(F)(F)F.O=C(O)C(F)(F)F. The Morgan fingerprint density at radius 2 is 1.50 bits per heavy atom. The summed E-state index contributed by atoms with van der Waals surface area (Å²) >= 11 is 6.36. The predicted octanol–water partition coefficient (Wildman–Crippen LogP) is 5.63. The van der Waals surface area contributed by atoms with Crippen LogP contribution in [-0.2, 0) is 16.1 Å². The molecule has 0 bridgehead atoms. The molecule has 4 heterocycles. The quantitative estimate of drug-likeness (QED) is 0.360. The van der Waals surface area contributed by atoms with Crippen LogP contribution in [0.4, 0.5) is 32.0 Å². The molecule has 5 rings (SSSR count). The van der Waals surface area contributed by atoms with Crippen molar-refractivity contribution in [3.05, 3.63) is 59.0 Å². The van der Waals surface area contributed by atoms with Gasteiger partial charge in [-0.25, -0.2) is 19.1 Å².